The number of aromatic nitrogens is 1. The zero-order chi connectivity index (χ0) is 19.7. The molecular formula is C17H12BCl3N4O2. The highest BCUT2D eigenvalue weighted by Gasteiger charge is 2.34. The van der Waals surface area contributed by atoms with E-state index in [0.29, 0.717) is 15.9 Å². The first-order valence-corrected chi connectivity index (χ1v) is 8.95. The molecule has 2 heterocycles. The molecule has 0 saturated carbocycles. The highest BCUT2D eigenvalue weighted by Crippen LogP contribution is 2.33. The minimum Gasteiger partial charge on any atom is -0.322 e. The van der Waals surface area contributed by atoms with Crippen LogP contribution in [-0.2, 0) is 4.79 Å². The fourth-order valence-electron chi connectivity index (χ4n) is 2.66. The van der Waals surface area contributed by atoms with Crippen LogP contribution in [0.25, 0.3) is 0 Å². The molecule has 27 heavy (non-hydrogen) atoms. The summed E-state index contributed by atoms with van der Waals surface area (Å²) in [5.74, 6) is -0.456. The number of nitrogens with one attached hydrogen (secondary N) is 1. The van der Waals surface area contributed by atoms with Crippen molar-refractivity contribution in [1.82, 2.24) is 4.98 Å². The van der Waals surface area contributed by atoms with Gasteiger partial charge in [0, 0.05) is 23.2 Å². The van der Waals surface area contributed by atoms with E-state index in [9.17, 15) is 9.59 Å². The van der Waals surface area contributed by atoms with E-state index in [1.165, 1.54) is 30.3 Å². The summed E-state index contributed by atoms with van der Waals surface area (Å²) in [6.07, 6.45) is 1.70. The van der Waals surface area contributed by atoms with Gasteiger partial charge in [0.15, 0.2) is 11.6 Å². The van der Waals surface area contributed by atoms with Crippen LogP contribution < -0.4 is 10.3 Å². The number of nitrogens with zero attached hydrogens (tertiary/aromatic N) is 3. The van der Waals surface area contributed by atoms with Gasteiger partial charge in [-0.3, -0.25) is 9.59 Å². The Morgan fingerprint density at radius 1 is 1.26 bits per heavy atom. The molecule has 0 aliphatic carbocycles. The lowest BCUT2D eigenvalue weighted by Gasteiger charge is -2.23. The molecule has 0 saturated heterocycles. The predicted molar refractivity (Wildman–Crippen MR) is 108 cm³/mol. The van der Waals surface area contributed by atoms with Crippen LogP contribution in [-0.4, -0.2) is 36.2 Å². The molecule has 0 spiro atoms. The second kappa shape index (κ2) is 7.88. The number of ketones is 1. The van der Waals surface area contributed by atoms with E-state index in [-0.39, 0.29) is 34.1 Å². The molecule has 1 atom stereocenters. The number of halogens is 3. The molecule has 136 valence electrons. The lowest BCUT2D eigenvalue weighted by Crippen LogP contribution is -2.39. The molecule has 6 nitrogen and oxygen atoms in total. The Bertz CT molecular complexity index is 967. The number of benzene rings is 1. The first-order chi connectivity index (χ1) is 12.8. The van der Waals surface area contributed by atoms with Crippen LogP contribution in [0.2, 0.25) is 15.1 Å². The third-order valence-electron chi connectivity index (χ3n) is 3.88. The van der Waals surface area contributed by atoms with Crippen molar-refractivity contribution in [2.45, 2.75) is 19.4 Å². The SMILES string of the molecule is [B]C1=NN(c2ncccc2Cl)C(C(=O)Nc2c(Cl)cc(Cl)cc2C(C)=O)C1. The quantitative estimate of drug-likeness (QED) is 0.599. The number of amides is 1. The van der Waals surface area contributed by atoms with Gasteiger partial charge in [0.1, 0.15) is 13.9 Å². The number of Topliss-reactive ketones (excluding diaryl/α,β-unsaturated/α-hetero) is 1. The maximum atomic E-state index is 12.9. The molecule has 1 amide bonds. The van der Waals surface area contributed by atoms with Gasteiger partial charge < -0.3 is 5.32 Å². The van der Waals surface area contributed by atoms with E-state index in [1.54, 1.807) is 12.1 Å². The molecule has 0 bridgehead atoms. The Kier molecular flexibility index (Phi) is 5.74. The van der Waals surface area contributed by atoms with Crippen LogP contribution in [0.5, 0.6) is 0 Å². The average molecular weight is 421 g/mol. The fourth-order valence-corrected chi connectivity index (χ4v) is 3.41. The first kappa shape index (κ1) is 19.7. The molecule has 1 aromatic heterocycles. The van der Waals surface area contributed by atoms with Crippen LogP contribution in [0.3, 0.4) is 0 Å². The van der Waals surface area contributed by atoms with Gasteiger partial charge in [0.2, 0.25) is 5.91 Å². The van der Waals surface area contributed by atoms with Crippen molar-refractivity contribution in [1.29, 1.82) is 0 Å². The van der Waals surface area contributed by atoms with Crippen LogP contribution in [0, 0.1) is 0 Å². The molecule has 0 fully saturated rings. The highest BCUT2D eigenvalue weighted by molar-refractivity contribution is 6.60. The van der Waals surface area contributed by atoms with E-state index in [0.717, 1.165) is 0 Å². The third-order valence-corrected chi connectivity index (χ3v) is 4.69. The van der Waals surface area contributed by atoms with Crippen molar-refractivity contribution < 1.29 is 9.59 Å². The van der Waals surface area contributed by atoms with Gasteiger partial charge in [-0.25, -0.2) is 9.99 Å². The minimum atomic E-state index is -0.802. The Labute approximate surface area is 171 Å². The van der Waals surface area contributed by atoms with E-state index in [2.05, 4.69) is 15.4 Å². The van der Waals surface area contributed by atoms with Crippen LogP contribution >= 0.6 is 34.8 Å². The normalized spacial score (nSPS) is 16.2. The van der Waals surface area contributed by atoms with Crippen molar-refractivity contribution in [2.75, 3.05) is 10.3 Å². The largest absolute Gasteiger partial charge is 0.322 e. The van der Waals surface area contributed by atoms with Crippen molar-refractivity contribution in [3.63, 3.8) is 0 Å². The van der Waals surface area contributed by atoms with E-state index < -0.39 is 11.9 Å². The highest BCUT2D eigenvalue weighted by atomic mass is 35.5. The number of rotatable bonds is 4. The Morgan fingerprint density at radius 3 is 2.67 bits per heavy atom. The van der Waals surface area contributed by atoms with Crippen molar-refractivity contribution in [3.8, 4) is 0 Å². The smallest absolute Gasteiger partial charge is 0.249 e. The Hall–Kier alpha value is -2.09. The van der Waals surface area contributed by atoms with Gasteiger partial charge in [0.25, 0.3) is 0 Å². The number of hydrazone groups is 1. The van der Waals surface area contributed by atoms with Gasteiger partial charge in [0.05, 0.1) is 15.7 Å². The number of carbonyl (C=O) groups is 2. The van der Waals surface area contributed by atoms with Crippen LogP contribution in [0.4, 0.5) is 11.5 Å². The fraction of sp³-hybridized carbons (Fsp3) is 0.176. The molecular weight excluding hydrogens is 409 g/mol. The summed E-state index contributed by atoms with van der Waals surface area (Å²) in [6, 6.07) is 5.38. The third kappa shape index (κ3) is 4.10. The summed E-state index contributed by atoms with van der Waals surface area (Å²) < 4.78 is 0. The second-order valence-corrected chi connectivity index (χ2v) is 7.07. The topological polar surface area (TPSA) is 74.7 Å². The van der Waals surface area contributed by atoms with Crippen molar-refractivity contribution >= 4 is 71.5 Å². The van der Waals surface area contributed by atoms with Gasteiger partial charge in [-0.05, 0) is 36.8 Å². The van der Waals surface area contributed by atoms with Gasteiger partial charge >= 0.3 is 0 Å². The Morgan fingerprint density at radius 2 is 2.00 bits per heavy atom. The molecule has 2 radical (unpaired) electrons. The molecule has 1 aliphatic rings. The summed E-state index contributed by atoms with van der Waals surface area (Å²) >= 11 is 18.3. The monoisotopic (exact) mass is 420 g/mol. The second-order valence-electron chi connectivity index (χ2n) is 5.82. The summed E-state index contributed by atoms with van der Waals surface area (Å²) in [4.78, 5) is 29.0. The maximum absolute atomic E-state index is 12.9. The lowest BCUT2D eigenvalue weighted by atomic mass is 9.95. The van der Waals surface area contributed by atoms with E-state index in [1.807, 2.05) is 0 Å². The standard InChI is InChI=1S/C17H12BCl3N4O2/c1-8(26)10-5-9(19)6-12(21)15(10)23-17(27)13-7-14(18)24-25(13)16-11(20)3-2-4-22-16/h2-6,13H,7H2,1H3,(H,23,27). The zero-order valence-electron chi connectivity index (χ0n) is 14.0. The summed E-state index contributed by atoms with van der Waals surface area (Å²) in [5, 5.41) is 8.95. The predicted octanol–water partition coefficient (Wildman–Crippen LogP) is 3.94. The number of hydrogen-bond acceptors (Lipinski definition) is 5. The molecule has 10 heteroatoms. The number of anilines is 2. The number of hydrogen-bond donors (Lipinski definition) is 1. The van der Waals surface area contributed by atoms with Gasteiger partial charge in [-0.1, -0.05) is 34.8 Å². The van der Waals surface area contributed by atoms with E-state index in [4.69, 9.17) is 42.6 Å². The lowest BCUT2D eigenvalue weighted by molar-refractivity contribution is -0.117. The first-order valence-electron chi connectivity index (χ1n) is 7.81. The van der Waals surface area contributed by atoms with Crippen LogP contribution in [0.15, 0.2) is 35.6 Å². The maximum Gasteiger partial charge on any atom is 0.249 e. The molecule has 1 aromatic carbocycles. The van der Waals surface area contributed by atoms with E-state index >= 15 is 0 Å². The molecule has 1 N–H and O–H groups in total. The van der Waals surface area contributed by atoms with Crippen molar-refractivity contribution in [3.05, 3.63) is 51.1 Å². The minimum absolute atomic E-state index is 0.148. The van der Waals surface area contributed by atoms with Gasteiger partial charge in [-0.15, -0.1) is 0 Å². The molecule has 1 aliphatic heterocycles. The Balaban J connectivity index is 1.93. The summed E-state index contributed by atoms with van der Waals surface area (Å²) in [6.45, 7) is 1.36. The van der Waals surface area contributed by atoms with Gasteiger partial charge in [-0.2, -0.15) is 5.10 Å². The molecule has 2 aromatic rings. The zero-order valence-corrected chi connectivity index (χ0v) is 16.3. The summed E-state index contributed by atoms with van der Waals surface area (Å²) in [7, 11) is 5.82. The molecule has 3 rings (SSSR count). The van der Waals surface area contributed by atoms with Crippen molar-refractivity contribution in [2.24, 2.45) is 5.10 Å². The number of carbonyl (C=O) groups excluding carboxylic acids is 2. The molecule has 1 unspecified atom stereocenters. The van der Waals surface area contributed by atoms with Crippen LogP contribution in [0.1, 0.15) is 23.7 Å². The summed E-state index contributed by atoms with van der Waals surface area (Å²) in [5.41, 5.74) is 0.636. The number of pyridine rings is 1. The average Bonchev–Trinajstić information content (AvgIpc) is 2.99.